The lowest BCUT2D eigenvalue weighted by molar-refractivity contribution is -0.125. The van der Waals surface area contributed by atoms with Crippen molar-refractivity contribution in [2.24, 2.45) is 5.41 Å². The van der Waals surface area contributed by atoms with E-state index in [1.807, 2.05) is 0 Å². The molecule has 0 radical (unpaired) electrons. The molecule has 0 saturated carbocycles. The first-order chi connectivity index (χ1) is 11.1. The number of carbonyl (C=O) groups is 1. The Balaban J connectivity index is 1.88. The van der Waals surface area contributed by atoms with Crippen LogP contribution in [0.4, 0.5) is 0 Å². The van der Waals surface area contributed by atoms with Crippen LogP contribution in [0, 0.1) is 5.41 Å². The number of ketones is 1. The van der Waals surface area contributed by atoms with Crippen molar-refractivity contribution in [3.63, 3.8) is 0 Å². The first kappa shape index (κ1) is 14.7. The van der Waals surface area contributed by atoms with E-state index in [-0.39, 0.29) is 5.41 Å². The molecule has 120 valence electrons. The summed E-state index contributed by atoms with van der Waals surface area (Å²) < 4.78 is 5.41. The number of hydrogen-bond acceptors (Lipinski definition) is 2. The van der Waals surface area contributed by atoms with E-state index >= 15 is 0 Å². The lowest BCUT2D eigenvalue weighted by Crippen LogP contribution is -2.33. The average molecular weight is 308 g/mol. The van der Waals surface area contributed by atoms with Gasteiger partial charge in [0.1, 0.15) is 11.5 Å². The van der Waals surface area contributed by atoms with Crippen molar-refractivity contribution in [1.82, 2.24) is 0 Å². The van der Waals surface area contributed by atoms with Crippen molar-refractivity contribution in [2.75, 3.05) is 7.11 Å². The number of carbonyl (C=O) groups excluding carboxylic acids is 1. The third-order valence-corrected chi connectivity index (χ3v) is 6.26. The first-order valence-electron chi connectivity index (χ1n) is 8.75. The van der Waals surface area contributed by atoms with E-state index in [0.717, 1.165) is 31.4 Å². The quantitative estimate of drug-likeness (QED) is 0.764. The Kier molecular flexibility index (Phi) is 3.26. The zero-order chi connectivity index (χ0) is 16.2. The SMILES string of the molecule is CC[C@]12CCC3=C(CC(C)c4cc(OC)ccc43)C1=CCC2=O. The highest BCUT2D eigenvalue weighted by atomic mass is 16.5. The highest BCUT2D eigenvalue weighted by Gasteiger charge is 2.48. The molecule has 3 aliphatic carbocycles. The zero-order valence-electron chi connectivity index (χ0n) is 14.2. The number of rotatable bonds is 2. The van der Waals surface area contributed by atoms with Crippen LogP contribution in [-0.4, -0.2) is 12.9 Å². The minimum Gasteiger partial charge on any atom is -0.497 e. The molecule has 1 aromatic carbocycles. The van der Waals surface area contributed by atoms with E-state index < -0.39 is 0 Å². The predicted octanol–water partition coefficient (Wildman–Crippen LogP) is 5.05. The van der Waals surface area contributed by atoms with Gasteiger partial charge in [0.25, 0.3) is 0 Å². The van der Waals surface area contributed by atoms with Crippen LogP contribution >= 0.6 is 0 Å². The predicted molar refractivity (Wildman–Crippen MR) is 92.6 cm³/mol. The van der Waals surface area contributed by atoms with E-state index in [2.05, 4.69) is 38.1 Å². The fourth-order valence-corrected chi connectivity index (χ4v) is 4.93. The zero-order valence-corrected chi connectivity index (χ0v) is 14.2. The second-order valence-electron chi connectivity index (χ2n) is 7.20. The standard InChI is InChI=1S/C21H24O2/c1-4-21-10-9-16-15-6-5-14(23-3)12-17(15)13(2)11-18(16)19(21)7-8-20(21)22/h5-7,12-13H,4,8-11H2,1-3H3/t13?,21-/m0/s1. The molecule has 0 aliphatic heterocycles. The van der Waals surface area contributed by atoms with Crippen molar-refractivity contribution in [3.05, 3.63) is 46.5 Å². The normalized spacial score (nSPS) is 28.9. The first-order valence-corrected chi connectivity index (χ1v) is 8.75. The summed E-state index contributed by atoms with van der Waals surface area (Å²) in [6.45, 7) is 4.47. The monoisotopic (exact) mass is 308 g/mol. The number of allylic oxidation sites excluding steroid dienone is 4. The molecule has 0 amide bonds. The van der Waals surface area contributed by atoms with Gasteiger partial charge >= 0.3 is 0 Å². The molecule has 2 heteroatoms. The summed E-state index contributed by atoms with van der Waals surface area (Å²) in [5, 5.41) is 0. The van der Waals surface area contributed by atoms with Gasteiger partial charge in [-0.2, -0.15) is 0 Å². The topological polar surface area (TPSA) is 26.3 Å². The van der Waals surface area contributed by atoms with Crippen LogP contribution in [0.1, 0.15) is 63.0 Å². The Bertz CT molecular complexity index is 753. The van der Waals surface area contributed by atoms with Crippen LogP contribution in [-0.2, 0) is 4.79 Å². The maximum absolute atomic E-state index is 12.6. The van der Waals surface area contributed by atoms with Crippen molar-refractivity contribution in [3.8, 4) is 5.75 Å². The van der Waals surface area contributed by atoms with Crippen LogP contribution in [0.25, 0.3) is 5.57 Å². The summed E-state index contributed by atoms with van der Waals surface area (Å²) in [4.78, 5) is 12.6. The maximum Gasteiger partial charge on any atom is 0.147 e. The number of ether oxygens (including phenoxy) is 1. The average Bonchev–Trinajstić information content (AvgIpc) is 2.92. The highest BCUT2D eigenvalue weighted by Crippen LogP contribution is 2.57. The van der Waals surface area contributed by atoms with Crippen LogP contribution < -0.4 is 4.74 Å². The highest BCUT2D eigenvalue weighted by molar-refractivity contribution is 5.97. The van der Waals surface area contributed by atoms with E-state index in [9.17, 15) is 4.79 Å². The third-order valence-electron chi connectivity index (χ3n) is 6.26. The van der Waals surface area contributed by atoms with Gasteiger partial charge in [-0.3, -0.25) is 4.79 Å². The fourth-order valence-electron chi connectivity index (χ4n) is 4.93. The molecule has 0 bridgehead atoms. The van der Waals surface area contributed by atoms with Crippen molar-refractivity contribution >= 4 is 11.4 Å². The molecule has 4 rings (SSSR count). The van der Waals surface area contributed by atoms with Gasteiger partial charge in [-0.1, -0.05) is 26.0 Å². The Morgan fingerprint density at radius 1 is 1.30 bits per heavy atom. The largest absolute Gasteiger partial charge is 0.497 e. The van der Waals surface area contributed by atoms with E-state index in [1.54, 1.807) is 7.11 Å². The van der Waals surface area contributed by atoms with Crippen LogP contribution in [0.15, 0.2) is 35.4 Å². The van der Waals surface area contributed by atoms with Gasteiger partial charge in [0.05, 0.1) is 12.5 Å². The van der Waals surface area contributed by atoms with Gasteiger partial charge in [0, 0.05) is 6.42 Å². The molecule has 0 saturated heterocycles. The van der Waals surface area contributed by atoms with Gasteiger partial charge in [-0.05, 0) is 71.6 Å². The number of hydrogen-bond donors (Lipinski definition) is 0. The van der Waals surface area contributed by atoms with Gasteiger partial charge in [0.2, 0.25) is 0 Å². The summed E-state index contributed by atoms with van der Waals surface area (Å²) in [5.74, 6) is 1.85. The molecule has 2 nitrogen and oxygen atoms in total. The minimum absolute atomic E-state index is 0.178. The Labute approximate surface area is 138 Å². The Hall–Kier alpha value is -1.83. The molecule has 0 aromatic heterocycles. The molecule has 1 aromatic rings. The van der Waals surface area contributed by atoms with Gasteiger partial charge < -0.3 is 4.74 Å². The van der Waals surface area contributed by atoms with Gasteiger partial charge in [0.15, 0.2) is 0 Å². The van der Waals surface area contributed by atoms with E-state index in [4.69, 9.17) is 4.74 Å². The lowest BCUT2D eigenvalue weighted by atomic mass is 9.62. The molecule has 23 heavy (non-hydrogen) atoms. The second kappa shape index (κ2) is 5.09. The molecule has 3 aliphatic rings. The van der Waals surface area contributed by atoms with Crippen molar-refractivity contribution < 1.29 is 9.53 Å². The van der Waals surface area contributed by atoms with E-state index in [1.165, 1.54) is 27.8 Å². The molecule has 1 unspecified atom stereocenters. The number of Topliss-reactive ketones (excluding diaryl/α,β-unsaturated/α-hetero) is 1. The molecule has 0 spiro atoms. The molecule has 0 heterocycles. The number of benzene rings is 1. The summed E-state index contributed by atoms with van der Waals surface area (Å²) in [5.41, 5.74) is 6.91. The lowest BCUT2D eigenvalue weighted by Gasteiger charge is -2.41. The summed E-state index contributed by atoms with van der Waals surface area (Å²) in [6.07, 6.45) is 6.85. The third kappa shape index (κ3) is 1.90. The number of methoxy groups -OCH3 is 1. The Morgan fingerprint density at radius 3 is 2.87 bits per heavy atom. The van der Waals surface area contributed by atoms with Crippen LogP contribution in [0.3, 0.4) is 0 Å². The molecule has 2 atom stereocenters. The molecular formula is C21H24O2. The minimum atomic E-state index is -0.178. The van der Waals surface area contributed by atoms with Gasteiger partial charge in [-0.25, -0.2) is 0 Å². The van der Waals surface area contributed by atoms with E-state index in [0.29, 0.717) is 18.1 Å². The number of fused-ring (bicyclic) bond motifs is 4. The van der Waals surface area contributed by atoms with Crippen LogP contribution in [0.5, 0.6) is 5.75 Å². The van der Waals surface area contributed by atoms with Gasteiger partial charge in [-0.15, -0.1) is 0 Å². The smallest absolute Gasteiger partial charge is 0.147 e. The molecule has 0 fully saturated rings. The maximum atomic E-state index is 12.6. The second-order valence-corrected chi connectivity index (χ2v) is 7.20. The van der Waals surface area contributed by atoms with Crippen molar-refractivity contribution in [1.29, 1.82) is 0 Å². The Morgan fingerprint density at radius 2 is 2.13 bits per heavy atom. The molecular weight excluding hydrogens is 284 g/mol. The van der Waals surface area contributed by atoms with Crippen molar-refractivity contribution in [2.45, 2.75) is 51.9 Å². The fraction of sp³-hybridized carbons (Fsp3) is 0.476. The summed E-state index contributed by atoms with van der Waals surface area (Å²) in [7, 11) is 1.73. The molecule has 0 N–H and O–H groups in total. The van der Waals surface area contributed by atoms with Crippen LogP contribution in [0.2, 0.25) is 0 Å². The summed E-state index contributed by atoms with van der Waals surface area (Å²) >= 11 is 0. The summed E-state index contributed by atoms with van der Waals surface area (Å²) in [6, 6.07) is 6.48.